The van der Waals surface area contributed by atoms with Crippen molar-refractivity contribution in [2.45, 2.75) is 18.9 Å². The van der Waals surface area contributed by atoms with Gasteiger partial charge in [0.05, 0.1) is 0 Å². The maximum atomic E-state index is 6.27. The lowest BCUT2D eigenvalue weighted by molar-refractivity contribution is 0.411. The Labute approximate surface area is 248 Å². The number of amidine groups is 1. The van der Waals surface area contributed by atoms with E-state index in [0.717, 1.165) is 45.8 Å². The predicted molar refractivity (Wildman–Crippen MR) is 176 cm³/mol. The number of aliphatic imine (C=N–C) groups is 1. The minimum absolute atomic E-state index is 0.193. The molecular weight excluding hydrogens is 528 g/mol. The molecule has 0 aliphatic carbocycles. The lowest BCUT2D eigenvalue weighted by Gasteiger charge is -2.33. The van der Waals surface area contributed by atoms with Crippen LogP contribution in [0.25, 0.3) is 49.4 Å². The summed E-state index contributed by atoms with van der Waals surface area (Å²) in [5.41, 5.74) is 5.38. The molecule has 7 aromatic rings. The van der Waals surface area contributed by atoms with Crippen molar-refractivity contribution < 1.29 is 4.42 Å². The van der Waals surface area contributed by atoms with Crippen LogP contribution in [-0.2, 0) is 6.54 Å². The molecule has 0 spiro atoms. The van der Waals surface area contributed by atoms with Gasteiger partial charge in [-0.05, 0) is 61.7 Å². The van der Waals surface area contributed by atoms with Gasteiger partial charge < -0.3 is 15.1 Å². The molecule has 2 atom stereocenters. The first-order valence-electron chi connectivity index (χ1n) is 14.7. The van der Waals surface area contributed by atoms with Gasteiger partial charge in [0.1, 0.15) is 29.5 Å². The minimum Gasteiger partial charge on any atom is -0.456 e. The van der Waals surface area contributed by atoms with E-state index in [0.29, 0.717) is 0 Å². The summed E-state index contributed by atoms with van der Waals surface area (Å²) in [4.78, 5) is 5.28. The van der Waals surface area contributed by atoms with E-state index < -0.39 is 0 Å². The molecule has 2 aliphatic rings. The maximum absolute atomic E-state index is 6.27. The van der Waals surface area contributed by atoms with E-state index in [2.05, 4.69) is 119 Å². The molecule has 9 rings (SSSR count). The molecule has 6 aromatic carbocycles. The first-order valence-corrected chi connectivity index (χ1v) is 14.7. The van der Waals surface area contributed by atoms with Crippen molar-refractivity contribution >= 4 is 55.2 Å². The van der Waals surface area contributed by atoms with Gasteiger partial charge in [-0.15, -0.1) is 0 Å². The van der Waals surface area contributed by atoms with E-state index in [1.165, 1.54) is 37.9 Å². The Kier molecular flexibility index (Phi) is 5.40. The van der Waals surface area contributed by atoms with Gasteiger partial charge in [0.2, 0.25) is 0 Å². The van der Waals surface area contributed by atoms with Crippen LogP contribution in [0, 0.1) is 0 Å². The minimum atomic E-state index is -0.236. The van der Waals surface area contributed by atoms with Crippen molar-refractivity contribution in [3.05, 3.63) is 149 Å². The fraction of sp³-hybridized carbons (Fsp3) is 0.0789. The monoisotopic (exact) mass is 556 g/mol. The van der Waals surface area contributed by atoms with Crippen LogP contribution in [0.5, 0.6) is 0 Å². The zero-order chi connectivity index (χ0) is 28.3. The summed E-state index contributed by atoms with van der Waals surface area (Å²) in [6.45, 7) is 0.718. The molecule has 3 N–H and O–H groups in total. The van der Waals surface area contributed by atoms with Crippen LogP contribution >= 0.6 is 0 Å². The molecule has 0 saturated carbocycles. The van der Waals surface area contributed by atoms with Crippen molar-refractivity contribution in [1.82, 2.24) is 16.0 Å². The normalized spacial score (nSPS) is 18.0. The summed E-state index contributed by atoms with van der Waals surface area (Å²) in [6.07, 6.45) is 3.52. The second-order valence-corrected chi connectivity index (χ2v) is 11.3. The second-order valence-electron chi connectivity index (χ2n) is 11.3. The Morgan fingerprint density at radius 2 is 1.49 bits per heavy atom. The summed E-state index contributed by atoms with van der Waals surface area (Å²) < 4.78 is 6.27. The topological polar surface area (TPSA) is 61.6 Å². The molecule has 0 fully saturated rings. The Morgan fingerprint density at radius 3 is 2.37 bits per heavy atom. The number of hydrogen-bond acceptors (Lipinski definition) is 5. The molecule has 3 heterocycles. The second kappa shape index (κ2) is 9.58. The number of nitrogens with one attached hydrogen (secondary N) is 3. The van der Waals surface area contributed by atoms with E-state index in [9.17, 15) is 0 Å². The fourth-order valence-corrected chi connectivity index (χ4v) is 6.83. The maximum Gasteiger partial charge on any atom is 0.135 e. The predicted octanol–water partition coefficient (Wildman–Crippen LogP) is 8.30. The first-order chi connectivity index (χ1) is 21.3. The molecule has 0 bridgehead atoms. The summed E-state index contributed by atoms with van der Waals surface area (Å²) >= 11 is 0. The Bertz CT molecular complexity index is 2250. The summed E-state index contributed by atoms with van der Waals surface area (Å²) in [5.74, 6) is 1.75. The summed E-state index contributed by atoms with van der Waals surface area (Å²) in [6, 6.07) is 40.9. The smallest absolute Gasteiger partial charge is 0.135 e. The van der Waals surface area contributed by atoms with Crippen LogP contribution in [0.1, 0.15) is 40.3 Å². The van der Waals surface area contributed by atoms with Crippen molar-refractivity contribution in [3.63, 3.8) is 0 Å². The van der Waals surface area contributed by atoms with Crippen LogP contribution in [0.2, 0.25) is 0 Å². The average molecular weight is 557 g/mol. The number of fused-ring (bicyclic) bond motifs is 8. The molecular formula is C38H28N4O. The number of nitrogens with zero attached hydrogens (tertiary/aromatic N) is 1. The van der Waals surface area contributed by atoms with Gasteiger partial charge in [0.15, 0.2) is 0 Å². The van der Waals surface area contributed by atoms with E-state index in [4.69, 9.17) is 9.41 Å². The SMILES string of the molecule is C1=Cc2oc3cccc(C4=NC(c5ccccc5)NC(c5cc6ccccc6c6c5ccc5ccccc56)N4)c3c2CN1. The van der Waals surface area contributed by atoms with Gasteiger partial charge >= 0.3 is 0 Å². The Balaban J connectivity index is 1.28. The number of furan rings is 1. The molecule has 0 amide bonds. The third kappa shape index (κ3) is 3.86. The Hall–Kier alpha value is -5.39. The number of benzene rings is 6. The van der Waals surface area contributed by atoms with E-state index >= 15 is 0 Å². The molecule has 1 aromatic heterocycles. The Morgan fingerprint density at radius 1 is 0.698 bits per heavy atom. The van der Waals surface area contributed by atoms with Gasteiger partial charge in [-0.25, -0.2) is 4.99 Å². The van der Waals surface area contributed by atoms with Gasteiger partial charge in [-0.1, -0.05) is 103 Å². The molecule has 43 heavy (non-hydrogen) atoms. The van der Waals surface area contributed by atoms with E-state index in [1.807, 2.05) is 24.4 Å². The quantitative estimate of drug-likeness (QED) is 0.192. The van der Waals surface area contributed by atoms with Gasteiger partial charge in [-0.3, -0.25) is 5.32 Å². The fourth-order valence-electron chi connectivity index (χ4n) is 6.83. The van der Waals surface area contributed by atoms with Crippen LogP contribution in [0.3, 0.4) is 0 Å². The third-order valence-corrected chi connectivity index (χ3v) is 8.80. The zero-order valence-corrected chi connectivity index (χ0v) is 23.3. The zero-order valence-electron chi connectivity index (χ0n) is 23.3. The molecule has 2 aliphatic heterocycles. The first kappa shape index (κ1) is 24.2. The lowest BCUT2D eigenvalue weighted by atomic mass is 9.91. The number of hydrogen-bond donors (Lipinski definition) is 3. The summed E-state index contributed by atoms with van der Waals surface area (Å²) in [5, 5.41) is 19.6. The van der Waals surface area contributed by atoms with Crippen LogP contribution in [0.4, 0.5) is 0 Å². The van der Waals surface area contributed by atoms with Gasteiger partial charge in [-0.2, -0.15) is 0 Å². The van der Waals surface area contributed by atoms with Gasteiger partial charge in [0, 0.05) is 29.3 Å². The summed E-state index contributed by atoms with van der Waals surface area (Å²) in [7, 11) is 0. The highest BCUT2D eigenvalue weighted by atomic mass is 16.3. The van der Waals surface area contributed by atoms with Crippen LogP contribution < -0.4 is 16.0 Å². The molecule has 0 saturated heterocycles. The number of rotatable bonds is 3. The van der Waals surface area contributed by atoms with Crippen LogP contribution in [0.15, 0.2) is 131 Å². The molecule has 5 nitrogen and oxygen atoms in total. The van der Waals surface area contributed by atoms with Crippen molar-refractivity contribution in [2.24, 2.45) is 4.99 Å². The van der Waals surface area contributed by atoms with E-state index in [1.54, 1.807) is 0 Å². The van der Waals surface area contributed by atoms with Crippen molar-refractivity contribution in [2.75, 3.05) is 0 Å². The third-order valence-electron chi connectivity index (χ3n) is 8.80. The molecule has 5 heteroatoms. The van der Waals surface area contributed by atoms with Crippen LogP contribution in [-0.4, -0.2) is 5.84 Å². The highest BCUT2D eigenvalue weighted by molar-refractivity contribution is 6.21. The molecule has 0 radical (unpaired) electrons. The van der Waals surface area contributed by atoms with Gasteiger partial charge in [0.25, 0.3) is 0 Å². The molecule has 206 valence electrons. The lowest BCUT2D eigenvalue weighted by Crippen LogP contribution is -2.45. The highest BCUT2D eigenvalue weighted by Gasteiger charge is 2.29. The largest absolute Gasteiger partial charge is 0.456 e. The average Bonchev–Trinajstić information content (AvgIpc) is 3.47. The van der Waals surface area contributed by atoms with Crippen molar-refractivity contribution in [3.8, 4) is 0 Å². The standard InChI is InChI=1S/C38H28N4O/c1-2-10-24(11-3-1)36-40-37(29-15-8-16-33-35(29)31-22-39-20-19-32(31)43-33)42-38(41-36)30-21-25-12-5-7-14-27(25)34-26-13-6-4-9-23(26)17-18-28(30)34/h1-21,36,38-39,41H,22H2,(H,40,42). The molecule has 2 unspecified atom stereocenters. The highest BCUT2D eigenvalue weighted by Crippen LogP contribution is 2.39. The van der Waals surface area contributed by atoms with E-state index in [-0.39, 0.29) is 12.3 Å². The van der Waals surface area contributed by atoms with Crippen molar-refractivity contribution in [1.29, 1.82) is 0 Å².